The molecular weight excluding hydrogens is 347 g/mol. The third-order valence-electron chi connectivity index (χ3n) is 7.15. The number of benzene rings is 1. The largest absolute Gasteiger partial charge is 0.346 e. The van der Waals surface area contributed by atoms with E-state index in [-0.39, 0.29) is 17.3 Å². The fourth-order valence-electron chi connectivity index (χ4n) is 5.43. The molecule has 2 saturated carbocycles. The molecule has 136 valence electrons. The number of halogens is 1. The molecule has 3 saturated heterocycles. The van der Waals surface area contributed by atoms with Gasteiger partial charge in [-0.2, -0.15) is 0 Å². The second-order valence-corrected chi connectivity index (χ2v) is 9.76. The summed E-state index contributed by atoms with van der Waals surface area (Å²) in [6.07, 6.45) is 7.02. The standard InChI is InChI=1S/C21H23FN2OS/c22-16-9-14-10-18(26-17(14)11-15(16)12-1-2-12)20(25)23-19-13-3-7-24(8-4-13)21(19)5-6-21/h9-13,19H,1-8H2,(H,23,25)/t19-/m1/s1. The highest BCUT2D eigenvalue weighted by molar-refractivity contribution is 7.20. The van der Waals surface area contributed by atoms with E-state index in [1.807, 2.05) is 12.1 Å². The van der Waals surface area contributed by atoms with Gasteiger partial charge in [0.1, 0.15) is 5.82 Å². The summed E-state index contributed by atoms with van der Waals surface area (Å²) in [6.45, 7) is 2.40. The van der Waals surface area contributed by atoms with Crippen LogP contribution in [0.1, 0.15) is 59.7 Å². The molecule has 1 atom stereocenters. The van der Waals surface area contributed by atoms with Crippen LogP contribution in [0.3, 0.4) is 0 Å². The van der Waals surface area contributed by atoms with Crippen LogP contribution in [0.2, 0.25) is 0 Å². The number of carbonyl (C=O) groups is 1. The second kappa shape index (κ2) is 5.29. The van der Waals surface area contributed by atoms with Crippen LogP contribution in [0.4, 0.5) is 4.39 Å². The van der Waals surface area contributed by atoms with Gasteiger partial charge in [0.05, 0.1) is 10.9 Å². The van der Waals surface area contributed by atoms with Gasteiger partial charge in [-0.3, -0.25) is 9.69 Å². The molecule has 1 spiro atoms. The monoisotopic (exact) mass is 370 g/mol. The Morgan fingerprint density at radius 2 is 1.92 bits per heavy atom. The lowest BCUT2D eigenvalue weighted by Crippen LogP contribution is -2.65. The highest BCUT2D eigenvalue weighted by Gasteiger charge is 2.60. The molecule has 26 heavy (non-hydrogen) atoms. The van der Waals surface area contributed by atoms with Crippen molar-refractivity contribution in [1.29, 1.82) is 0 Å². The van der Waals surface area contributed by atoms with Gasteiger partial charge in [-0.05, 0) is 92.6 Å². The Balaban J connectivity index is 1.29. The van der Waals surface area contributed by atoms with E-state index < -0.39 is 0 Å². The lowest BCUT2D eigenvalue weighted by Gasteiger charge is -2.52. The Hall–Kier alpha value is -1.46. The number of hydrogen-bond acceptors (Lipinski definition) is 3. The molecule has 0 radical (unpaired) electrons. The van der Waals surface area contributed by atoms with E-state index in [0.29, 0.717) is 17.9 Å². The third kappa shape index (κ3) is 2.23. The van der Waals surface area contributed by atoms with Crippen molar-refractivity contribution in [3.63, 3.8) is 0 Å². The normalized spacial score (nSPS) is 31.5. The number of nitrogens with zero attached hydrogens (tertiary/aromatic N) is 1. The van der Waals surface area contributed by atoms with Crippen molar-refractivity contribution < 1.29 is 9.18 Å². The Kier molecular flexibility index (Phi) is 3.17. The van der Waals surface area contributed by atoms with E-state index in [1.54, 1.807) is 6.07 Å². The fraction of sp³-hybridized carbons (Fsp3) is 0.571. The highest BCUT2D eigenvalue weighted by atomic mass is 32.1. The molecular formula is C21H23FN2OS. The molecule has 2 bridgehead atoms. The first-order chi connectivity index (χ1) is 12.6. The van der Waals surface area contributed by atoms with Crippen molar-refractivity contribution in [2.75, 3.05) is 13.1 Å². The minimum Gasteiger partial charge on any atom is -0.346 e. The molecule has 2 aromatic rings. The average Bonchev–Trinajstić information content (AvgIpc) is 3.57. The van der Waals surface area contributed by atoms with Crippen LogP contribution >= 0.6 is 11.3 Å². The molecule has 0 unspecified atom stereocenters. The van der Waals surface area contributed by atoms with Crippen molar-refractivity contribution in [3.8, 4) is 0 Å². The SMILES string of the molecule is O=C(N[C@@H]1C2CCN(CC2)C12CC2)c1cc2cc(F)c(C3CC3)cc2s1. The van der Waals surface area contributed by atoms with Crippen molar-refractivity contribution >= 4 is 27.3 Å². The zero-order chi connectivity index (χ0) is 17.5. The summed E-state index contributed by atoms with van der Waals surface area (Å²) >= 11 is 1.51. The Bertz CT molecular complexity index is 906. The first-order valence-electron chi connectivity index (χ1n) is 9.93. The molecule has 1 aromatic carbocycles. The number of carbonyl (C=O) groups excluding carboxylic acids is 1. The lowest BCUT2D eigenvalue weighted by molar-refractivity contribution is -0.00138. The van der Waals surface area contributed by atoms with E-state index >= 15 is 0 Å². The second-order valence-electron chi connectivity index (χ2n) is 8.68. The van der Waals surface area contributed by atoms with Crippen LogP contribution in [0, 0.1) is 11.7 Å². The van der Waals surface area contributed by atoms with Gasteiger partial charge >= 0.3 is 0 Å². The van der Waals surface area contributed by atoms with Crippen LogP contribution in [0.5, 0.6) is 0 Å². The molecule has 5 fully saturated rings. The summed E-state index contributed by atoms with van der Waals surface area (Å²) in [4.78, 5) is 16.3. The van der Waals surface area contributed by atoms with Gasteiger partial charge in [0.15, 0.2) is 0 Å². The summed E-state index contributed by atoms with van der Waals surface area (Å²) in [5.74, 6) is 0.934. The molecule has 2 aliphatic carbocycles. The zero-order valence-corrected chi connectivity index (χ0v) is 15.6. The van der Waals surface area contributed by atoms with E-state index in [2.05, 4.69) is 10.2 Å². The molecule has 3 nitrogen and oxygen atoms in total. The molecule has 4 heterocycles. The predicted molar refractivity (Wildman–Crippen MR) is 101 cm³/mol. The highest BCUT2D eigenvalue weighted by Crippen LogP contribution is 2.53. The number of thiophene rings is 1. The van der Waals surface area contributed by atoms with Crippen LogP contribution < -0.4 is 5.32 Å². The quantitative estimate of drug-likeness (QED) is 0.875. The van der Waals surface area contributed by atoms with Gasteiger partial charge in [-0.1, -0.05) is 0 Å². The summed E-state index contributed by atoms with van der Waals surface area (Å²) in [6, 6.07) is 5.75. The van der Waals surface area contributed by atoms with Crippen molar-refractivity contribution in [1.82, 2.24) is 10.2 Å². The maximum absolute atomic E-state index is 14.3. The summed E-state index contributed by atoms with van der Waals surface area (Å²) in [5, 5.41) is 4.24. The van der Waals surface area contributed by atoms with Crippen LogP contribution in [0.25, 0.3) is 10.1 Å². The molecule has 3 aliphatic heterocycles. The summed E-state index contributed by atoms with van der Waals surface area (Å²) < 4.78 is 15.3. The summed E-state index contributed by atoms with van der Waals surface area (Å²) in [7, 11) is 0. The van der Waals surface area contributed by atoms with Crippen molar-refractivity contribution in [2.24, 2.45) is 5.92 Å². The van der Waals surface area contributed by atoms with Gasteiger partial charge in [0.25, 0.3) is 5.91 Å². The minimum atomic E-state index is -0.112. The van der Waals surface area contributed by atoms with Crippen LogP contribution in [0.15, 0.2) is 18.2 Å². The van der Waals surface area contributed by atoms with Gasteiger partial charge in [0.2, 0.25) is 0 Å². The number of rotatable bonds is 3. The van der Waals surface area contributed by atoms with Crippen molar-refractivity contribution in [3.05, 3.63) is 34.5 Å². The maximum Gasteiger partial charge on any atom is 0.261 e. The number of piperidine rings is 3. The molecule has 1 aromatic heterocycles. The zero-order valence-electron chi connectivity index (χ0n) is 14.8. The Labute approximate surface area is 156 Å². The number of nitrogens with one attached hydrogen (secondary N) is 1. The first kappa shape index (κ1) is 15.6. The minimum absolute atomic E-state index is 0.0320. The fourth-order valence-corrected chi connectivity index (χ4v) is 6.42. The van der Waals surface area contributed by atoms with E-state index in [9.17, 15) is 9.18 Å². The third-order valence-corrected chi connectivity index (χ3v) is 8.24. The van der Waals surface area contributed by atoms with Gasteiger partial charge in [0, 0.05) is 10.2 Å². The Morgan fingerprint density at radius 3 is 2.62 bits per heavy atom. The van der Waals surface area contributed by atoms with E-state index in [1.165, 1.54) is 50.1 Å². The van der Waals surface area contributed by atoms with Gasteiger partial charge in [-0.25, -0.2) is 4.39 Å². The van der Waals surface area contributed by atoms with Crippen LogP contribution in [-0.2, 0) is 0 Å². The lowest BCUT2D eigenvalue weighted by atomic mass is 9.77. The van der Waals surface area contributed by atoms with Crippen LogP contribution in [-0.4, -0.2) is 35.5 Å². The van der Waals surface area contributed by atoms with Crippen molar-refractivity contribution in [2.45, 2.75) is 56.0 Å². The smallest absolute Gasteiger partial charge is 0.261 e. The summed E-state index contributed by atoms with van der Waals surface area (Å²) in [5.41, 5.74) is 1.08. The topological polar surface area (TPSA) is 32.3 Å². The average molecular weight is 370 g/mol. The van der Waals surface area contributed by atoms with Gasteiger partial charge < -0.3 is 5.32 Å². The van der Waals surface area contributed by atoms with E-state index in [4.69, 9.17) is 0 Å². The number of fused-ring (bicyclic) bond motifs is 3. The molecule has 5 heteroatoms. The Morgan fingerprint density at radius 1 is 1.15 bits per heavy atom. The number of hydrogen-bond donors (Lipinski definition) is 1. The molecule has 5 aliphatic rings. The molecule has 1 amide bonds. The van der Waals surface area contributed by atoms with E-state index in [0.717, 1.165) is 33.4 Å². The predicted octanol–water partition coefficient (Wildman–Crippen LogP) is 4.27. The maximum atomic E-state index is 14.3. The van der Waals surface area contributed by atoms with Gasteiger partial charge in [-0.15, -0.1) is 11.3 Å². The molecule has 7 rings (SSSR count). The molecule has 1 N–H and O–H groups in total. The first-order valence-corrected chi connectivity index (χ1v) is 10.7. The number of amides is 1.